The molecule has 100 valence electrons. The number of hydrogen-bond donors (Lipinski definition) is 1. The number of thioether (sulfide) groups is 1. The first-order chi connectivity index (χ1) is 9.00. The second kappa shape index (κ2) is 5.63. The number of carboxylic acids is 1. The van der Waals surface area contributed by atoms with Crippen LogP contribution in [0.1, 0.15) is 11.4 Å². The van der Waals surface area contributed by atoms with E-state index in [9.17, 15) is 4.79 Å². The maximum atomic E-state index is 10.6. The van der Waals surface area contributed by atoms with Crippen LogP contribution in [0.2, 0.25) is 5.02 Å². The van der Waals surface area contributed by atoms with E-state index < -0.39 is 5.97 Å². The SMILES string of the molecule is Cc1c(Cl)cccc1-n1c(C)nnc1SCC(=O)O. The molecule has 1 heterocycles. The van der Waals surface area contributed by atoms with E-state index in [1.165, 1.54) is 0 Å². The number of aromatic nitrogens is 3. The number of rotatable bonds is 4. The minimum Gasteiger partial charge on any atom is -0.481 e. The van der Waals surface area contributed by atoms with Crippen molar-refractivity contribution in [3.8, 4) is 5.69 Å². The van der Waals surface area contributed by atoms with E-state index in [0.717, 1.165) is 23.0 Å². The van der Waals surface area contributed by atoms with Crippen LogP contribution in [-0.2, 0) is 4.79 Å². The van der Waals surface area contributed by atoms with Gasteiger partial charge in [-0.2, -0.15) is 0 Å². The molecule has 1 aromatic carbocycles. The lowest BCUT2D eigenvalue weighted by atomic mass is 10.2. The van der Waals surface area contributed by atoms with Crippen molar-refractivity contribution in [1.82, 2.24) is 14.8 Å². The van der Waals surface area contributed by atoms with E-state index >= 15 is 0 Å². The number of carboxylic acid groups (broad SMARTS) is 1. The van der Waals surface area contributed by atoms with Crippen molar-refractivity contribution >= 4 is 29.3 Å². The number of benzene rings is 1. The van der Waals surface area contributed by atoms with Gasteiger partial charge in [0.25, 0.3) is 0 Å². The molecule has 0 fully saturated rings. The van der Waals surface area contributed by atoms with Crippen LogP contribution >= 0.6 is 23.4 Å². The predicted octanol–water partition coefficient (Wildman–Crippen LogP) is 2.71. The molecule has 0 aliphatic rings. The first-order valence-corrected chi connectivity index (χ1v) is 6.89. The lowest BCUT2D eigenvalue weighted by Crippen LogP contribution is -2.04. The Labute approximate surface area is 119 Å². The molecular formula is C12H12ClN3O2S. The van der Waals surface area contributed by atoms with Crippen LogP contribution in [-0.4, -0.2) is 31.6 Å². The molecule has 0 saturated heterocycles. The van der Waals surface area contributed by atoms with Crippen molar-refractivity contribution in [3.63, 3.8) is 0 Å². The fourth-order valence-electron chi connectivity index (χ4n) is 1.68. The van der Waals surface area contributed by atoms with Crippen LogP contribution in [0.5, 0.6) is 0 Å². The monoisotopic (exact) mass is 297 g/mol. The second-order valence-electron chi connectivity index (χ2n) is 3.93. The molecule has 0 bridgehead atoms. The van der Waals surface area contributed by atoms with Crippen LogP contribution in [0.3, 0.4) is 0 Å². The Bertz CT molecular complexity index is 627. The molecular weight excluding hydrogens is 286 g/mol. The van der Waals surface area contributed by atoms with Crippen LogP contribution in [0.25, 0.3) is 5.69 Å². The Balaban J connectivity index is 2.46. The average molecular weight is 298 g/mol. The molecule has 1 aromatic heterocycles. The summed E-state index contributed by atoms with van der Waals surface area (Å²) in [6.07, 6.45) is 0. The highest BCUT2D eigenvalue weighted by Crippen LogP contribution is 2.27. The fourth-order valence-corrected chi connectivity index (χ4v) is 2.56. The Morgan fingerprint density at radius 1 is 1.42 bits per heavy atom. The van der Waals surface area contributed by atoms with Gasteiger partial charge in [0.2, 0.25) is 0 Å². The van der Waals surface area contributed by atoms with Gasteiger partial charge in [0, 0.05) is 5.02 Å². The van der Waals surface area contributed by atoms with Gasteiger partial charge in [-0.3, -0.25) is 9.36 Å². The van der Waals surface area contributed by atoms with Gasteiger partial charge in [0.15, 0.2) is 5.16 Å². The molecule has 0 spiro atoms. The topological polar surface area (TPSA) is 68.0 Å². The van der Waals surface area contributed by atoms with Gasteiger partial charge in [0.05, 0.1) is 11.4 Å². The van der Waals surface area contributed by atoms with E-state index in [4.69, 9.17) is 16.7 Å². The molecule has 7 heteroatoms. The van der Waals surface area contributed by atoms with Crippen LogP contribution < -0.4 is 0 Å². The number of aryl methyl sites for hydroxylation is 1. The van der Waals surface area contributed by atoms with Crippen molar-refractivity contribution in [3.05, 3.63) is 34.6 Å². The van der Waals surface area contributed by atoms with Crippen molar-refractivity contribution in [2.45, 2.75) is 19.0 Å². The van der Waals surface area contributed by atoms with Gasteiger partial charge in [-0.1, -0.05) is 29.4 Å². The van der Waals surface area contributed by atoms with Crippen LogP contribution in [0.15, 0.2) is 23.4 Å². The summed E-state index contributed by atoms with van der Waals surface area (Å²) in [4.78, 5) is 10.6. The number of aliphatic carboxylic acids is 1. The van der Waals surface area contributed by atoms with E-state index in [-0.39, 0.29) is 5.75 Å². The first kappa shape index (κ1) is 13.9. The molecule has 5 nitrogen and oxygen atoms in total. The molecule has 0 aliphatic carbocycles. The molecule has 0 atom stereocenters. The molecule has 1 N–H and O–H groups in total. The molecule has 0 unspecified atom stereocenters. The average Bonchev–Trinajstić information content (AvgIpc) is 2.72. The minimum atomic E-state index is -0.889. The minimum absolute atomic E-state index is 0.0578. The van der Waals surface area contributed by atoms with Crippen molar-refractivity contribution < 1.29 is 9.90 Å². The number of nitrogens with zero attached hydrogens (tertiary/aromatic N) is 3. The van der Waals surface area contributed by atoms with Crippen LogP contribution in [0, 0.1) is 13.8 Å². The standard InChI is InChI=1S/C12H12ClN3O2S/c1-7-9(13)4-3-5-10(7)16-8(2)14-15-12(16)19-6-11(17)18/h3-5H,6H2,1-2H3,(H,17,18). The Hall–Kier alpha value is -1.53. The predicted molar refractivity (Wildman–Crippen MR) is 74.2 cm³/mol. The zero-order chi connectivity index (χ0) is 14.0. The van der Waals surface area contributed by atoms with Gasteiger partial charge in [-0.05, 0) is 31.5 Å². The third-order valence-corrected chi connectivity index (χ3v) is 3.92. The largest absolute Gasteiger partial charge is 0.481 e. The van der Waals surface area contributed by atoms with Gasteiger partial charge in [-0.15, -0.1) is 10.2 Å². The molecule has 0 radical (unpaired) electrons. The molecule has 2 rings (SSSR count). The Kier molecular flexibility index (Phi) is 4.11. The molecule has 19 heavy (non-hydrogen) atoms. The van der Waals surface area contributed by atoms with E-state index in [1.807, 2.05) is 36.6 Å². The Morgan fingerprint density at radius 3 is 2.84 bits per heavy atom. The highest BCUT2D eigenvalue weighted by Gasteiger charge is 2.15. The van der Waals surface area contributed by atoms with Crippen LogP contribution in [0.4, 0.5) is 0 Å². The summed E-state index contributed by atoms with van der Waals surface area (Å²) in [6.45, 7) is 3.72. The summed E-state index contributed by atoms with van der Waals surface area (Å²) in [7, 11) is 0. The zero-order valence-electron chi connectivity index (χ0n) is 10.4. The quantitative estimate of drug-likeness (QED) is 0.879. The molecule has 2 aromatic rings. The van der Waals surface area contributed by atoms with Gasteiger partial charge >= 0.3 is 5.97 Å². The highest BCUT2D eigenvalue weighted by molar-refractivity contribution is 7.99. The lowest BCUT2D eigenvalue weighted by Gasteiger charge is -2.11. The van der Waals surface area contributed by atoms with E-state index in [1.54, 1.807) is 0 Å². The fraction of sp³-hybridized carbons (Fsp3) is 0.250. The van der Waals surface area contributed by atoms with Gasteiger partial charge < -0.3 is 5.11 Å². The number of carbonyl (C=O) groups is 1. The van der Waals surface area contributed by atoms with Gasteiger partial charge in [-0.25, -0.2) is 0 Å². The molecule has 0 saturated carbocycles. The second-order valence-corrected chi connectivity index (χ2v) is 5.28. The van der Waals surface area contributed by atoms with Crippen molar-refractivity contribution in [2.75, 3.05) is 5.75 Å². The Morgan fingerprint density at radius 2 is 2.16 bits per heavy atom. The molecule has 0 aliphatic heterocycles. The highest BCUT2D eigenvalue weighted by atomic mass is 35.5. The van der Waals surface area contributed by atoms with Crippen molar-refractivity contribution in [2.24, 2.45) is 0 Å². The first-order valence-electron chi connectivity index (χ1n) is 5.53. The maximum Gasteiger partial charge on any atom is 0.313 e. The van der Waals surface area contributed by atoms with Crippen molar-refractivity contribution in [1.29, 1.82) is 0 Å². The smallest absolute Gasteiger partial charge is 0.313 e. The zero-order valence-corrected chi connectivity index (χ0v) is 12.0. The normalized spacial score (nSPS) is 10.7. The number of halogens is 1. The maximum absolute atomic E-state index is 10.6. The third kappa shape index (κ3) is 2.90. The summed E-state index contributed by atoms with van der Waals surface area (Å²) >= 11 is 7.24. The van der Waals surface area contributed by atoms with E-state index in [0.29, 0.717) is 16.0 Å². The summed E-state index contributed by atoms with van der Waals surface area (Å²) in [5.41, 5.74) is 1.77. The molecule has 0 amide bonds. The summed E-state index contributed by atoms with van der Waals surface area (Å²) < 4.78 is 1.81. The summed E-state index contributed by atoms with van der Waals surface area (Å²) in [6, 6.07) is 5.56. The van der Waals surface area contributed by atoms with E-state index in [2.05, 4.69) is 10.2 Å². The lowest BCUT2D eigenvalue weighted by molar-refractivity contribution is -0.133. The number of hydrogen-bond acceptors (Lipinski definition) is 4. The van der Waals surface area contributed by atoms with Gasteiger partial charge in [0.1, 0.15) is 5.82 Å². The third-order valence-electron chi connectivity index (χ3n) is 2.60. The summed E-state index contributed by atoms with van der Waals surface area (Å²) in [5, 5.41) is 17.9. The summed E-state index contributed by atoms with van der Waals surface area (Å²) in [5.74, 6) is -0.254.